The van der Waals surface area contributed by atoms with E-state index in [4.69, 9.17) is 32.7 Å². The summed E-state index contributed by atoms with van der Waals surface area (Å²) in [6.07, 6.45) is 5.22. The molecule has 1 saturated heterocycles. The molecule has 10 nitrogen and oxygen atoms in total. The third kappa shape index (κ3) is 7.18. The summed E-state index contributed by atoms with van der Waals surface area (Å²) in [5.41, 5.74) is 3.06. The molecule has 2 aromatic carbocycles. The van der Waals surface area contributed by atoms with Gasteiger partial charge in [-0.1, -0.05) is 29.8 Å². The minimum absolute atomic E-state index is 0.00462. The lowest BCUT2D eigenvalue weighted by molar-refractivity contribution is -0.129. The normalized spacial score (nSPS) is 13.4. The van der Waals surface area contributed by atoms with Crippen LogP contribution in [0.15, 0.2) is 43.2 Å². The van der Waals surface area contributed by atoms with Gasteiger partial charge >= 0.3 is 0 Å². The SMILES string of the molecule is C=CC(=O)Nc1cc(N2CCN(C(C)=O)CC2)cc(C)c1Nc1ncc(/C=C(\F)c2c(Cl)c(OC)cc(OC)c2Cl)cn1. The van der Waals surface area contributed by atoms with E-state index in [9.17, 15) is 9.59 Å². The highest BCUT2D eigenvalue weighted by Gasteiger charge is 2.22. The Morgan fingerprint density at radius 2 is 1.63 bits per heavy atom. The molecule has 0 bridgehead atoms. The van der Waals surface area contributed by atoms with Gasteiger partial charge in [-0.15, -0.1) is 0 Å². The highest BCUT2D eigenvalue weighted by molar-refractivity contribution is 6.39. The van der Waals surface area contributed by atoms with Gasteiger partial charge in [0.2, 0.25) is 17.8 Å². The number of rotatable bonds is 9. The van der Waals surface area contributed by atoms with Gasteiger partial charge in [-0.25, -0.2) is 14.4 Å². The van der Waals surface area contributed by atoms with Gasteiger partial charge in [-0.3, -0.25) is 9.59 Å². The molecule has 0 spiro atoms. The number of aromatic nitrogens is 2. The molecule has 13 heteroatoms. The molecule has 1 aliphatic rings. The van der Waals surface area contributed by atoms with Crippen molar-refractivity contribution in [2.75, 3.05) is 55.9 Å². The first-order valence-corrected chi connectivity index (χ1v) is 14.0. The topological polar surface area (TPSA) is 109 Å². The fourth-order valence-corrected chi connectivity index (χ4v) is 5.26. The second-order valence-electron chi connectivity index (χ2n) is 9.61. The molecule has 1 aromatic heterocycles. The molecule has 0 radical (unpaired) electrons. The summed E-state index contributed by atoms with van der Waals surface area (Å²) < 4.78 is 25.8. The number of carbonyl (C=O) groups is 2. The lowest BCUT2D eigenvalue weighted by atomic mass is 10.1. The second-order valence-corrected chi connectivity index (χ2v) is 10.4. The minimum atomic E-state index is -0.735. The Balaban J connectivity index is 1.60. The number of anilines is 4. The highest BCUT2D eigenvalue weighted by atomic mass is 35.5. The number of nitrogens with zero attached hydrogens (tertiary/aromatic N) is 4. The zero-order valence-electron chi connectivity index (χ0n) is 24.1. The lowest BCUT2D eigenvalue weighted by Crippen LogP contribution is -2.48. The maximum absolute atomic E-state index is 15.4. The first-order valence-electron chi connectivity index (χ1n) is 13.2. The van der Waals surface area contributed by atoms with Crippen molar-refractivity contribution in [3.63, 3.8) is 0 Å². The third-order valence-electron chi connectivity index (χ3n) is 6.87. The zero-order valence-corrected chi connectivity index (χ0v) is 25.6. The second kappa shape index (κ2) is 13.7. The fourth-order valence-electron chi connectivity index (χ4n) is 4.58. The number of piperazine rings is 1. The van der Waals surface area contributed by atoms with Crippen LogP contribution in [-0.4, -0.2) is 67.1 Å². The average Bonchev–Trinajstić information content (AvgIpc) is 2.99. The fraction of sp³-hybridized carbons (Fsp3) is 0.267. The number of hydrogen-bond donors (Lipinski definition) is 2. The van der Waals surface area contributed by atoms with Crippen LogP contribution >= 0.6 is 23.2 Å². The van der Waals surface area contributed by atoms with Crippen LogP contribution in [0.25, 0.3) is 11.9 Å². The monoisotopic (exact) mass is 628 g/mol. The van der Waals surface area contributed by atoms with Gasteiger partial charge in [-0.05, 0) is 36.8 Å². The Kier molecular flexibility index (Phi) is 10.1. The van der Waals surface area contributed by atoms with Gasteiger partial charge in [0.25, 0.3) is 0 Å². The van der Waals surface area contributed by atoms with Crippen LogP contribution in [0.5, 0.6) is 11.5 Å². The maximum Gasteiger partial charge on any atom is 0.247 e. The molecule has 0 unspecified atom stereocenters. The van der Waals surface area contributed by atoms with Gasteiger partial charge in [-0.2, -0.15) is 0 Å². The van der Waals surface area contributed by atoms with Crippen LogP contribution in [0.3, 0.4) is 0 Å². The largest absolute Gasteiger partial charge is 0.495 e. The maximum atomic E-state index is 15.4. The van der Waals surface area contributed by atoms with Crippen molar-refractivity contribution in [2.24, 2.45) is 0 Å². The summed E-state index contributed by atoms with van der Waals surface area (Å²) in [7, 11) is 2.81. The van der Waals surface area contributed by atoms with Crippen molar-refractivity contribution >= 4 is 69.9 Å². The molecule has 0 saturated carbocycles. The van der Waals surface area contributed by atoms with E-state index in [0.717, 1.165) is 11.3 Å². The molecule has 226 valence electrons. The first-order chi connectivity index (χ1) is 20.6. The summed E-state index contributed by atoms with van der Waals surface area (Å²) in [4.78, 5) is 36.6. The van der Waals surface area contributed by atoms with E-state index in [1.54, 1.807) is 11.8 Å². The number of halogens is 3. The molecule has 1 fully saturated rings. The molecule has 43 heavy (non-hydrogen) atoms. The van der Waals surface area contributed by atoms with E-state index >= 15 is 4.39 Å². The van der Waals surface area contributed by atoms with Crippen LogP contribution in [0.4, 0.5) is 27.4 Å². The number of nitrogens with one attached hydrogen (secondary N) is 2. The Labute approximate surface area is 259 Å². The van der Waals surface area contributed by atoms with Crippen molar-refractivity contribution in [2.45, 2.75) is 13.8 Å². The van der Waals surface area contributed by atoms with Gasteiger partial charge < -0.3 is 29.9 Å². The molecule has 1 aliphatic heterocycles. The molecule has 2 N–H and O–H groups in total. The van der Waals surface area contributed by atoms with Crippen molar-refractivity contribution in [3.8, 4) is 11.5 Å². The molecule has 2 amide bonds. The van der Waals surface area contributed by atoms with Crippen molar-refractivity contribution in [1.82, 2.24) is 14.9 Å². The summed E-state index contributed by atoms with van der Waals surface area (Å²) in [6.45, 7) is 9.55. The summed E-state index contributed by atoms with van der Waals surface area (Å²) in [6, 6.07) is 5.31. The number of hydrogen-bond acceptors (Lipinski definition) is 8. The summed E-state index contributed by atoms with van der Waals surface area (Å²) >= 11 is 12.7. The number of amides is 2. The molecule has 4 rings (SSSR count). The number of benzene rings is 2. The molecule has 3 aromatic rings. The van der Waals surface area contributed by atoms with Crippen LogP contribution in [0.1, 0.15) is 23.6 Å². The van der Waals surface area contributed by atoms with Crippen molar-refractivity contribution < 1.29 is 23.5 Å². The van der Waals surface area contributed by atoms with E-state index in [1.165, 1.54) is 44.8 Å². The van der Waals surface area contributed by atoms with Crippen LogP contribution < -0.4 is 25.0 Å². The van der Waals surface area contributed by atoms with Crippen LogP contribution in [-0.2, 0) is 9.59 Å². The van der Waals surface area contributed by atoms with E-state index < -0.39 is 5.83 Å². The lowest BCUT2D eigenvalue weighted by Gasteiger charge is -2.36. The first kappa shape index (κ1) is 31.6. The van der Waals surface area contributed by atoms with Crippen LogP contribution in [0, 0.1) is 6.92 Å². The Morgan fingerprint density at radius 3 is 2.16 bits per heavy atom. The Morgan fingerprint density at radius 1 is 1.02 bits per heavy atom. The standard InChI is InChI=1S/C30H31Cl2FN6O4/c1-6-25(41)36-22-13-20(39-9-7-38(8-10-39)18(3)40)11-17(2)29(22)37-30-34-15-19(16-35-30)12-21(33)26-27(31)23(42-4)14-24(43-5)28(26)32/h6,11-16H,1,7-10H2,2-5H3,(H,36,41)(H,34,35,37)/b21-12-. The van der Waals surface area contributed by atoms with E-state index in [1.807, 2.05) is 19.1 Å². The van der Waals surface area contributed by atoms with E-state index in [0.29, 0.717) is 43.1 Å². The highest BCUT2D eigenvalue weighted by Crippen LogP contribution is 2.44. The number of ether oxygens (including phenoxy) is 2. The third-order valence-corrected chi connectivity index (χ3v) is 7.62. The van der Waals surface area contributed by atoms with Crippen molar-refractivity contribution in [1.29, 1.82) is 0 Å². The smallest absolute Gasteiger partial charge is 0.247 e. The summed E-state index contributed by atoms with van der Waals surface area (Å²) in [5, 5.41) is 5.98. The minimum Gasteiger partial charge on any atom is -0.495 e. The van der Waals surface area contributed by atoms with Gasteiger partial charge in [0, 0.05) is 62.8 Å². The molecule has 0 aliphatic carbocycles. The van der Waals surface area contributed by atoms with Gasteiger partial charge in [0.05, 0.1) is 41.2 Å². The van der Waals surface area contributed by atoms with E-state index in [2.05, 4.69) is 32.1 Å². The number of carbonyl (C=O) groups excluding carboxylic acids is 2. The Hall–Kier alpha value is -4.35. The molecule has 0 atom stereocenters. The van der Waals surface area contributed by atoms with Crippen LogP contribution in [0.2, 0.25) is 10.0 Å². The van der Waals surface area contributed by atoms with Crippen molar-refractivity contribution in [3.05, 3.63) is 70.0 Å². The predicted molar refractivity (Wildman–Crippen MR) is 168 cm³/mol. The number of aryl methyl sites for hydroxylation is 1. The average molecular weight is 630 g/mol. The molecular formula is C30H31Cl2FN6O4. The number of methoxy groups -OCH3 is 2. The van der Waals surface area contributed by atoms with E-state index in [-0.39, 0.29) is 44.9 Å². The molecule has 2 heterocycles. The molecular weight excluding hydrogens is 598 g/mol. The van der Waals surface area contributed by atoms with Gasteiger partial charge in [0.15, 0.2) is 0 Å². The predicted octanol–water partition coefficient (Wildman–Crippen LogP) is 6.11. The zero-order chi connectivity index (χ0) is 31.3. The van der Waals surface area contributed by atoms with Gasteiger partial charge in [0.1, 0.15) is 17.3 Å². The Bertz CT molecular complexity index is 1550. The quantitative estimate of drug-likeness (QED) is 0.273. The summed E-state index contributed by atoms with van der Waals surface area (Å²) in [5.74, 6) is -0.443.